The van der Waals surface area contributed by atoms with Crippen molar-refractivity contribution in [2.75, 3.05) is 47.0 Å². The maximum absolute atomic E-state index is 12.4. The van der Waals surface area contributed by atoms with Crippen molar-refractivity contribution >= 4 is 5.91 Å². The fourth-order valence-electron chi connectivity index (χ4n) is 3.18. The second-order valence-corrected chi connectivity index (χ2v) is 6.40. The molecule has 1 atom stereocenters. The standard InChI is InChI=1S/C21H26N2O4/c1-25-18-9-8-17(14-19(18)26-2)21(24)22-10-11-23-12-13-27-20(15-23)16-6-4-3-5-7-16/h3-9,14,20H,10-13,15H2,1-2H3,(H,22,24). The quantitative estimate of drug-likeness (QED) is 0.812. The molecule has 144 valence electrons. The molecule has 0 saturated carbocycles. The third-order valence-electron chi connectivity index (χ3n) is 4.68. The van der Waals surface area contributed by atoms with Crippen LogP contribution in [0.25, 0.3) is 0 Å². The zero-order valence-corrected chi connectivity index (χ0v) is 15.8. The minimum atomic E-state index is -0.121. The van der Waals surface area contributed by atoms with Crippen LogP contribution in [0.2, 0.25) is 0 Å². The van der Waals surface area contributed by atoms with Crippen LogP contribution >= 0.6 is 0 Å². The molecule has 0 spiro atoms. The van der Waals surface area contributed by atoms with E-state index in [1.807, 2.05) is 18.2 Å². The molecule has 27 heavy (non-hydrogen) atoms. The first-order chi connectivity index (χ1) is 13.2. The normalized spacial score (nSPS) is 17.3. The van der Waals surface area contributed by atoms with E-state index in [0.29, 0.717) is 30.2 Å². The zero-order valence-electron chi connectivity index (χ0n) is 15.8. The summed E-state index contributed by atoms with van der Waals surface area (Å²) in [5.41, 5.74) is 1.74. The molecule has 0 aliphatic carbocycles. The number of rotatable bonds is 7. The van der Waals surface area contributed by atoms with Crippen LogP contribution in [0.15, 0.2) is 48.5 Å². The first-order valence-corrected chi connectivity index (χ1v) is 9.10. The Kier molecular flexibility index (Phi) is 6.68. The Morgan fingerprint density at radius 1 is 1.15 bits per heavy atom. The fourth-order valence-corrected chi connectivity index (χ4v) is 3.18. The Bertz CT molecular complexity index is 751. The maximum atomic E-state index is 12.4. The Morgan fingerprint density at radius 3 is 2.67 bits per heavy atom. The number of nitrogens with zero attached hydrogens (tertiary/aromatic N) is 1. The summed E-state index contributed by atoms with van der Waals surface area (Å²) < 4.78 is 16.3. The number of hydrogen-bond acceptors (Lipinski definition) is 5. The Hall–Kier alpha value is -2.57. The molecular formula is C21H26N2O4. The van der Waals surface area contributed by atoms with Gasteiger partial charge in [0.25, 0.3) is 5.91 Å². The molecule has 3 rings (SSSR count). The lowest BCUT2D eigenvalue weighted by molar-refractivity contribution is -0.0293. The highest BCUT2D eigenvalue weighted by Gasteiger charge is 2.21. The summed E-state index contributed by atoms with van der Waals surface area (Å²) in [6.07, 6.45) is 0.0847. The van der Waals surface area contributed by atoms with Crippen LogP contribution in [0.1, 0.15) is 22.0 Å². The van der Waals surface area contributed by atoms with Gasteiger partial charge in [-0.25, -0.2) is 0 Å². The van der Waals surface area contributed by atoms with E-state index in [0.717, 1.165) is 19.6 Å². The summed E-state index contributed by atoms with van der Waals surface area (Å²) in [7, 11) is 3.13. The van der Waals surface area contributed by atoms with Crippen LogP contribution in [0.4, 0.5) is 0 Å². The number of carbonyl (C=O) groups is 1. The third-order valence-corrected chi connectivity index (χ3v) is 4.68. The molecule has 0 radical (unpaired) electrons. The van der Waals surface area contributed by atoms with Gasteiger partial charge in [-0.05, 0) is 23.8 Å². The second kappa shape index (κ2) is 9.39. The minimum Gasteiger partial charge on any atom is -0.493 e. The van der Waals surface area contributed by atoms with Crippen LogP contribution in [0.3, 0.4) is 0 Å². The van der Waals surface area contributed by atoms with Gasteiger partial charge in [-0.2, -0.15) is 0 Å². The van der Waals surface area contributed by atoms with Gasteiger partial charge >= 0.3 is 0 Å². The molecule has 1 fully saturated rings. The van der Waals surface area contributed by atoms with Gasteiger partial charge in [0, 0.05) is 31.7 Å². The summed E-state index contributed by atoms with van der Waals surface area (Å²) in [6, 6.07) is 15.4. The van der Waals surface area contributed by atoms with E-state index in [4.69, 9.17) is 14.2 Å². The molecule has 1 aliphatic heterocycles. The van der Waals surface area contributed by atoms with E-state index >= 15 is 0 Å². The topological polar surface area (TPSA) is 60.0 Å². The largest absolute Gasteiger partial charge is 0.493 e. The lowest BCUT2D eigenvalue weighted by Gasteiger charge is -2.33. The van der Waals surface area contributed by atoms with Crippen LogP contribution < -0.4 is 14.8 Å². The molecule has 0 aromatic heterocycles. The van der Waals surface area contributed by atoms with Crippen molar-refractivity contribution in [2.45, 2.75) is 6.10 Å². The number of nitrogens with one attached hydrogen (secondary N) is 1. The lowest BCUT2D eigenvalue weighted by atomic mass is 10.1. The van der Waals surface area contributed by atoms with Crippen LogP contribution in [0.5, 0.6) is 11.5 Å². The molecule has 1 N–H and O–H groups in total. The van der Waals surface area contributed by atoms with E-state index in [-0.39, 0.29) is 12.0 Å². The SMILES string of the molecule is COc1ccc(C(=O)NCCN2CCOC(c3ccccc3)C2)cc1OC. The van der Waals surface area contributed by atoms with Gasteiger partial charge in [0.2, 0.25) is 0 Å². The number of hydrogen-bond donors (Lipinski definition) is 1. The van der Waals surface area contributed by atoms with Gasteiger partial charge in [-0.3, -0.25) is 9.69 Å². The van der Waals surface area contributed by atoms with Gasteiger partial charge in [0.05, 0.1) is 26.9 Å². The highest BCUT2D eigenvalue weighted by atomic mass is 16.5. The summed E-state index contributed by atoms with van der Waals surface area (Å²) in [5, 5.41) is 2.97. The fraction of sp³-hybridized carbons (Fsp3) is 0.381. The van der Waals surface area contributed by atoms with E-state index < -0.39 is 0 Å². The average Bonchev–Trinajstić information content (AvgIpc) is 2.74. The van der Waals surface area contributed by atoms with Crippen LogP contribution in [0, 0.1) is 0 Å². The Balaban J connectivity index is 1.50. The number of amides is 1. The van der Waals surface area contributed by atoms with Gasteiger partial charge in [-0.1, -0.05) is 30.3 Å². The molecule has 1 heterocycles. The van der Waals surface area contributed by atoms with Crippen LogP contribution in [-0.4, -0.2) is 57.8 Å². The summed E-state index contributed by atoms with van der Waals surface area (Å²) in [5.74, 6) is 1.03. The molecule has 1 aliphatic rings. The Labute approximate surface area is 160 Å². The third kappa shape index (κ3) is 4.99. The molecule has 2 aromatic rings. The number of morpholine rings is 1. The summed E-state index contributed by atoms with van der Waals surface area (Å²) in [6.45, 7) is 3.76. The maximum Gasteiger partial charge on any atom is 0.251 e. The predicted octanol–water partition coefficient (Wildman–Crippen LogP) is 2.51. The van der Waals surface area contributed by atoms with Gasteiger partial charge < -0.3 is 19.5 Å². The van der Waals surface area contributed by atoms with E-state index in [2.05, 4.69) is 22.3 Å². The highest BCUT2D eigenvalue weighted by molar-refractivity contribution is 5.94. The molecular weight excluding hydrogens is 344 g/mol. The minimum absolute atomic E-state index is 0.0847. The predicted molar refractivity (Wildman–Crippen MR) is 103 cm³/mol. The van der Waals surface area contributed by atoms with E-state index in [1.165, 1.54) is 5.56 Å². The molecule has 6 nitrogen and oxygen atoms in total. The molecule has 2 aromatic carbocycles. The molecule has 1 amide bonds. The van der Waals surface area contributed by atoms with Gasteiger partial charge in [0.15, 0.2) is 11.5 Å². The average molecular weight is 370 g/mol. The van der Waals surface area contributed by atoms with Crippen molar-refractivity contribution in [1.82, 2.24) is 10.2 Å². The van der Waals surface area contributed by atoms with Crippen molar-refractivity contribution in [1.29, 1.82) is 0 Å². The zero-order chi connectivity index (χ0) is 19.1. The van der Waals surface area contributed by atoms with Crippen molar-refractivity contribution in [2.24, 2.45) is 0 Å². The number of carbonyl (C=O) groups excluding carboxylic acids is 1. The van der Waals surface area contributed by atoms with Crippen molar-refractivity contribution < 1.29 is 19.0 Å². The van der Waals surface area contributed by atoms with Crippen LogP contribution in [-0.2, 0) is 4.74 Å². The van der Waals surface area contributed by atoms with Gasteiger partial charge in [-0.15, -0.1) is 0 Å². The Morgan fingerprint density at radius 2 is 1.93 bits per heavy atom. The molecule has 0 bridgehead atoms. The monoisotopic (exact) mass is 370 g/mol. The van der Waals surface area contributed by atoms with Crippen molar-refractivity contribution in [3.63, 3.8) is 0 Å². The lowest BCUT2D eigenvalue weighted by Crippen LogP contribution is -2.42. The van der Waals surface area contributed by atoms with Gasteiger partial charge in [0.1, 0.15) is 0 Å². The van der Waals surface area contributed by atoms with E-state index in [9.17, 15) is 4.79 Å². The smallest absolute Gasteiger partial charge is 0.251 e. The molecule has 1 unspecified atom stereocenters. The first-order valence-electron chi connectivity index (χ1n) is 9.10. The summed E-state index contributed by atoms with van der Waals surface area (Å²) in [4.78, 5) is 14.7. The first kappa shape index (κ1) is 19.2. The summed E-state index contributed by atoms with van der Waals surface area (Å²) >= 11 is 0. The molecule has 1 saturated heterocycles. The second-order valence-electron chi connectivity index (χ2n) is 6.40. The van der Waals surface area contributed by atoms with Crippen molar-refractivity contribution in [3.05, 3.63) is 59.7 Å². The number of methoxy groups -OCH3 is 2. The van der Waals surface area contributed by atoms with Crippen molar-refractivity contribution in [3.8, 4) is 11.5 Å². The number of benzene rings is 2. The highest BCUT2D eigenvalue weighted by Crippen LogP contribution is 2.27. The number of ether oxygens (including phenoxy) is 3. The van der Waals surface area contributed by atoms with E-state index in [1.54, 1.807) is 32.4 Å². The molecule has 6 heteroatoms.